The number of nitrogens with zero attached hydrogens (tertiary/aromatic N) is 1. The van der Waals surface area contributed by atoms with Crippen LogP contribution >= 0.6 is 0 Å². The highest BCUT2D eigenvalue weighted by molar-refractivity contribution is 5.82. The Hall–Kier alpha value is -2.22. The van der Waals surface area contributed by atoms with E-state index in [1.54, 1.807) is 7.11 Å². The highest BCUT2D eigenvalue weighted by Crippen LogP contribution is 2.29. The van der Waals surface area contributed by atoms with Crippen molar-refractivity contribution in [2.75, 3.05) is 19.0 Å². The van der Waals surface area contributed by atoms with Gasteiger partial charge in [-0.15, -0.1) is 0 Å². The second-order valence-corrected chi connectivity index (χ2v) is 5.51. The van der Waals surface area contributed by atoms with E-state index >= 15 is 0 Å². The summed E-state index contributed by atoms with van der Waals surface area (Å²) in [6.07, 6.45) is 3.46. The van der Waals surface area contributed by atoms with E-state index in [9.17, 15) is 10.1 Å². The number of ether oxygens (including phenoxy) is 1. The van der Waals surface area contributed by atoms with Crippen molar-refractivity contribution in [3.63, 3.8) is 0 Å². The van der Waals surface area contributed by atoms with Gasteiger partial charge in [0.25, 0.3) is 0 Å². The first-order valence-electron chi connectivity index (χ1n) is 7.19. The summed E-state index contributed by atoms with van der Waals surface area (Å²) in [6, 6.07) is 8.00. The number of carbonyl (C=O) groups excluding carboxylic acids is 1. The van der Waals surface area contributed by atoms with E-state index < -0.39 is 5.54 Å². The van der Waals surface area contributed by atoms with Crippen molar-refractivity contribution < 1.29 is 9.53 Å². The summed E-state index contributed by atoms with van der Waals surface area (Å²) in [7, 11) is 1.60. The second-order valence-electron chi connectivity index (χ2n) is 5.51. The molecule has 112 valence electrons. The zero-order valence-electron chi connectivity index (χ0n) is 12.5. The summed E-state index contributed by atoms with van der Waals surface area (Å²) >= 11 is 0. The van der Waals surface area contributed by atoms with Crippen LogP contribution in [-0.2, 0) is 4.79 Å². The molecule has 2 rings (SSSR count). The molecule has 1 aromatic rings. The van der Waals surface area contributed by atoms with Gasteiger partial charge in [0.1, 0.15) is 11.3 Å². The van der Waals surface area contributed by atoms with Crippen LogP contribution < -0.4 is 15.4 Å². The van der Waals surface area contributed by atoms with Crippen LogP contribution in [0.3, 0.4) is 0 Å². The van der Waals surface area contributed by atoms with Gasteiger partial charge in [0, 0.05) is 0 Å². The third-order valence-electron chi connectivity index (χ3n) is 3.84. The molecule has 0 bridgehead atoms. The number of rotatable bonds is 5. The molecule has 5 heteroatoms. The Morgan fingerprint density at radius 1 is 1.43 bits per heavy atom. The standard InChI is InChI=1S/C16H21N3O2/c1-12-5-6-14(21-2)13(9-12)18-10-15(20)19-16(11-17)7-3-4-8-16/h5-6,9,18H,3-4,7-8,10H2,1-2H3,(H,19,20). The van der Waals surface area contributed by atoms with E-state index in [1.807, 2.05) is 25.1 Å². The number of hydrogen-bond donors (Lipinski definition) is 2. The van der Waals surface area contributed by atoms with Crippen molar-refractivity contribution in [1.82, 2.24) is 5.32 Å². The summed E-state index contributed by atoms with van der Waals surface area (Å²) in [5.41, 5.74) is 1.20. The number of amides is 1. The molecule has 21 heavy (non-hydrogen) atoms. The lowest BCUT2D eigenvalue weighted by atomic mass is 10.00. The maximum atomic E-state index is 12.1. The molecule has 0 heterocycles. The molecule has 0 unspecified atom stereocenters. The second kappa shape index (κ2) is 6.49. The molecule has 1 aliphatic rings. The Morgan fingerprint density at radius 3 is 2.76 bits per heavy atom. The topological polar surface area (TPSA) is 74.2 Å². The van der Waals surface area contributed by atoms with Gasteiger partial charge in [0.15, 0.2) is 0 Å². The van der Waals surface area contributed by atoms with E-state index in [4.69, 9.17) is 4.74 Å². The summed E-state index contributed by atoms with van der Waals surface area (Å²) in [6.45, 7) is 2.11. The number of carbonyl (C=O) groups is 1. The van der Waals surface area contributed by atoms with Crippen LogP contribution in [0.1, 0.15) is 31.2 Å². The van der Waals surface area contributed by atoms with E-state index in [1.165, 1.54) is 0 Å². The molecule has 2 N–H and O–H groups in total. The maximum absolute atomic E-state index is 12.1. The lowest BCUT2D eigenvalue weighted by Gasteiger charge is -2.22. The molecule has 0 aromatic heterocycles. The molecule has 1 aliphatic carbocycles. The first-order valence-corrected chi connectivity index (χ1v) is 7.19. The number of aryl methyl sites for hydroxylation is 1. The van der Waals surface area contributed by atoms with E-state index in [0.717, 1.165) is 36.9 Å². The number of anilines is 1. The van der Waals surface area contributed by atoms with Crippen LogP contribution in [0, 0.1) is 18.3 Å². The Bertz CT molecular complexity index is 557. The van der Waals surface area contributed by atoms with Crippen LogP contribution in [-0.4, -0.2) is 25.1 Å². The number of nitriles is 1. The number of hydrogen-bond acceptors (Lipinski definition) is 4. The zero-order chi connectivity index (χ0) is 15.3. The Morgan fingerprint density at radius 2 is 2.14 bits per heavy atom. The van der Waals surface area contributed by atoms with Crippen LogP contribution in [0.15, 0.2) is 18.2 Å². The minimum Gasteiger partial charge on any atom is -0.495 e. The van der Waals surface area contributed by atoms with Crippen molar-refractivity contribution in [1.29, 1.82) is 5.26 Å². The van der Waals surface area contributed by atoms with Gasteiger partial charge >= 0.3 is 0 Å². The van der Waals surface area contributed by atoms with Gasteiger partial charge in [-0.3, -0.25) is 4.79 Å². The molecule has 0 aliphatic heterocycles. The number of nitrogens with one attached hydrogen (secondary N) is 2. The van der Waals surface area contributed by atoms with E-state index in [-0.39, 0.29) is 12.5 Å². The molecule has 0 radical (unpaired) electrons. The molecule has 0 atom stereocenters. The van der Waals surface area contributed by atoms with Gasteiger partial charge in [-0.1, -0.05) is 6.07 Å². The van der Waals surface area contributed by atoms with Crippen molar-refractivity contribution in [2.24, 2.45) is 0 Å². The fourth-order valence-electron chi connectivity index (χ4n) is 2.69. The SMILES string of the molecule is COc1ccc(C)cc1NCC(=O)NC1(C#N)CCCC1. The van der Waals surface area contributed by atoms with Gasteiger partial charge in [0.2, 0.25) is 5.91 Å². The zero-order valence-corrected chi connectivity index (χ0v) is 12.5. The summed E-state index contributed by atoms with van der Waals surface area (Å²) in [5, 5.41) is 15.2. The molecule has 1 aromatic carbocycles. The predicted molar refractivity (Wildman–Crippen MR) is 81.2 cm³/mol. The van der Waals surface area contributed by atoms with Crippen LogP contribution in [0.5, 0.6) is 5.75 Å². The summed E-state index contributed by atoms with van der Waals surface area (Å²) in [4.78, 5) is 12.1. The number of benzene rings is 1. The van der Waals surface area contributed by atoms with Crippen LogP contribution in [0.4, 0.5) is 5.69 Å². The third kappa shape index (κ3) is 3.66. The van der Waals surface area contributed by atoms with Gasteiger partial charge in [0.05, 0.1) is 25.4 Å². The maximum Gasteiger partial charge on any atom is 0.240 e. The van der Waals surface area contributed by atoms with Crippen LogP contribution in [0.25, 0.3) is 0 Å². The van der Waals surface area contributed by atoms with E-state index in [2.05, 4.69) is 16.7 Å². The first kappa shape index (κ1) is 15.2. The first-order chi connectivity index (χ1) is 10.1. The Labute approximate surface area is 125 Å². The molecule has 5 nitrogen and oxygen atoms in total. The van der Waals surface area contributed by atoms with Crippen molar-refractivity contribution in [3.05, 3.63) is 23.8 Å². The van der Waals surface area contributed by atoms with Gasteiger partial charge in [-0.2, -0.15) is 5.26 Å². The largest absolute Gasteiger partial charge is 0.495 e. The average Bonchev–Trinajstić information content (AvgIpc) is 2.94. The number of methoxy groups -OCH3 is 1. The van der Waals surface area contributed by atoms with Gasteiger partial charge in [-0.25, -0.2) is 0 Å². The van der Waals surface area contributed by atoms with Crippen LogP contribution in [0.2, 0.25) is 0 Å². The highest BCUT2D eigenvalue weighted by Gasteiger charge is 2.35. The monoisotopic (exact) mass is 287 g/mol. The lowest BCUT2D eigenvalue weighted by Crippen LogP contribution is -2.47. The van der Waals surface area contributed by atoms with Crippen molar-refractivity contribution >= 4 is 11.6 Å². The van der Waals surface area contributed by atoms with Crippen molar-refractivity contribution in [3.8, 4) is 11.8 Å². The highest BCUT2D eigenvalue weighted by atomic mass is 16.5. The molecular formula is C16H21N3O2. The smallest absolute Gasteiger partial charge is 0.240 e. The van der Waals surface area contributed by atoms with Gasteiger partial charge in [-0.05, 0) is 50.3 Å². The summed E-state index contributed by atoms with van der Waals surface area (Å²) in [5.74, 6) is 0.534. The molecule has 1 saturated carbocycles. The van der Waals surface area contributed by atoms with E-state index in [0.29, 0.717) is 5.75 Å². The lowest BCUT2D eigenvalue weighted by molar-refractivity contribution is -0.120. The normalized spacial score (nSPS) is 16.0. The molecular weight excluding hydrogens is 266 g/mol. The van der Waals surface area contributed by atoms with Crippen molar-refractivity contribution in [2.45, 2.75) is 38.1 Å². The predicted octanol–water partition coefficient (Wildman–Crippen LogP) is 2.37. The third-order valence-corrected chi connectivity index (χ3v) is 3.84. The van der Waals surface area contributed by atoms with Gasteiger partial charge < -0.3 is 15.4 Å². The Kier molecular flexibility index (Phi) is 4.69. The minimum atomic E-state index is -0.671. The Balaban J connectivity index is 1.95. The minimum absolute atomic E-state index is 0.128. The fourth-order valence-corrected chi connectivity index (χ4v) is 2.69. The molecule has 1 amide bonds. The molecule has 0 saturated heterocycles. The molecule has 0 spiro atoms. The molecule has 1 fully saturated rings. The fraction of sp³-hybridized carbons (Fsp3) is 0.500. The average molecular weight is 287 g/mol. The summed E-state index contributed by atoms with van der Waals surface area (Å²) < 4.78 is 5.26. The quantitative estimate of drug-likeness (QED) is 0.872.